The molecular weight excluding hydrogens is 196 g/mol. The molecule has 0 saturated heterocycles. The van der Waals surface area contributed by atoms with Gasteiger partial charge in [-0.25, -0.2) is 9.78 Å². The predicted molar refractivity (Wildman–Crippen MR) is 56.3 cm³/mol. The van der Waals surface area contributed by atoms with Crippen LogP contribution in [0.3, 0.4) is 0 Å². The number of imidazole rings is 1. The van der Waals surface area contributed by atoms with Gasteiger partial charge in [-0.1, -0.05) is 0 Å². The molecule has 0 unspecified atom stereocenters. The molecule has 0 aliphatic carbocycles. The third-order valence-corrected chi connectivity index (χ3v) is 1.47. The number of carbonyl (C=O) groups excluding carboxylic acids is 1. The standard InChI is InChI=1S/C9H16N4O2/c1-9(2,3)15-8(14)13-7-11-5-6(4-10)12-7/h5H,4,10H2,1-3H3,(H2,11,12,13,14). The number of amides is 1. The van der Waals surface area contributed by atoms with Crippen molar-refractivity contribution in [2.45, 2.75) is 32.9 Å². The quantitative estimate of drug-likeness (QED) is 0.687. The zero-order valence-electron chi connectivity index (χ0n) is 9.13. The molecule has 0 spiro atoms. The van der Waals surface area contributed by atoms with Crippen LogP contribution in [0.15, 0.2) is 6.20 Å². The first-order valence-electron chi connectivity index (χ1n) is 4.64. The lowest BCUT2D eigenvalue weighted by atomic mass is 10.2. The Morgan fingerprint density at radius 3 is 2.80 bits per heavy atom. The molecule has 1 heterocycles. The highest BCUT2D eigenvalue weighted by atomic mass is 16.6. The molecule has 84 valence electrons. The number of carbonyl (C=O) groups is 1. The van der Waals surface area contributed by atoms with Gasteiger partial charge in [-0.2, -0.15) is 0 Å². The average Bonchev–Trinajstić information content (AvgIpc) is 2.48. The monoisotopic (exact) mass is 212 g/mol. The highest BCUT2D eigenvalue weighted by molar-refractivity contribution is 5.82. The number of ether oxygens (including phenoxy) is 1. The van der Waals surface area contributed by atoms with E-state index in [1.165, 1.54) is 0 Å². The van der Waals surface area contributed by atoms with Crippen LogP contribution in [0.25, 0.3) is 0 Å². The van der Waals surface area contributed by atoms with Crippen molar-refractivity contribution in [3.63, 3.8) is 0 Å². The fourth-order valence-corrected chi connectivity index (χ4v) is 0.927. The summed E-state index contributed by atoms with van der Waals surface area (Å²) in [5, 5.41) is 2.47. The van der Waals surface area contributed by atoms with Crippen LogP contribution >= 0.6 is 0 Å². The Morgan fingerprint density at radius 1 is 1.67 bits per heavy atom. The molecule has 1 amide bonds. The number of nitrogens with zero attached hydrogens (tertiary/aromatic N) is 1. The Bertz CT molecular complexity index is 340. The van der Waals surface area contributed by atoms with Crippen LogP contribution in [0.4, 0.5) is 10.7 Å². The highest BCUT2D eigenvalue weighted by Crippen LogP contribution is 2.09. The summed E-state index contributed by atoms with van der Waals surface area (Å²) in [7, 11) is 0. The topological polar surface area (TPSA) is 93.0 Å². The largest absolute Gasteiger partial charge is 0.444 e. The van der Waals surface area contributed by atoms with Gasteiger partial charge in [0.25, 0.3) is 0 Å². The molecule has 4 N–H and O–H groups in total. The maximum Gasteiger partial charge on any atom is 0.414 e. The van der Waals surface area contributed by atoms with Crippen LogP contribution in [0.2, 0.25) is 0 Å². The van der Waals surface area contributed by atoms with Crippen molar-refractivity contribution < 1.29 is 9.53 Å². The molecule has 0 aliphatic heterocycles. The van der Waals surface area contributed by atoms with Crippen molar-refractivity contribution in [3.05, 3.63) is 11.9 Å². The molecule has 1 aromatic heterocycles. The molecule has 0 fully saturated rings. The van der Waals surface area contributed by atoms with E-state index in [0.717, 1.165) is 5.69 Å². The number of nitrogens with two attached hydrogens (primary N) is 1. The maximum atomic E-state index is 11.3. The van der Waals surface area contributed by atoms with Gasteiger partial charge in [-0.15, -0.1) is 0 Å². The predicted octanol–water partition coefficient (Wildman–Crippen LogP) is 1.22. The number of aromatic amines is 1. The van der Waals surface area contributed by atoms with Gasteiger partial charge < -0.3 is 15.5 Å². The molecule has 0 aromatic carbocycles. The molecule has 0 saturated carbocycles. The fourth-order valence-electron chi connectivity index (χ4n) is 0.927. The second kappa shape index (κ2) is 4.31. The van der Waals surface area contributed by atoms with Crippen LogP contribution in [0.1, 0.15) is 26.5 Å². The van der Waals surface area contributed by atoms with E-state index in [-0.39, 0.29) is 0 Å². The Hall–Kier alpha value is -1.56. The molecule has 0 radical (unpaired) electrons. The fraction of sp³-hybridized carbons (Fsp3) is 0.556. The van der Waals surface area contributed by atoms with Gasteiger partial charge >= 0.3 is 6.09 Å². The van der Waals surface area contributed by atoms with Crippen molar-refractivity contribution in [1.82, 2.24) is 9.97 Å². The zero-order chi connectivity index (χ0) is 11.5. The van der Waals surface area contributed by atoms with Crippen molar-refractivity contribution in [3.8, 4) is 0 Å². The second-order valence-corrected chi connectivity index (χ2v) is 4.09. The number of H-pyrrole nitrogens is 1. The number of hydrogen-bond donors (Lipinski definition) is 3. The lowest BCUT2D eigenvalue weighted by Gasteiger charge is -2.18. The summed E-state index contributed by atoms with van der Waals surface area (Å²) in [6.07, 6.45) is 1.02. The lowest BCUT2D eigenvalue weighted by molar-refractivity contribution is 0.0635. The molecule has 1 rings (SSSR count). The number of nitrogens with one attached hydrogen (secondary N) is 2. The molecular formula is C9H16N4O2. The van der Waals surface area contributed by atoms with Gasteiger partial charge in [0.1, 0.15) is 5.60 Å². The van der Waals surface area contributed by atoms with Crippen LogP contribution in [0.5, 0.6) is 0 Å². The van der Waals surface area contributed by atoms with E-state index in [9.17, 15) is 4.79 Å². The molecule has 0 bridgehead atoms. The molecule has 6 nitrogen and oxygen atoms in total. The van der Waals surface area contributed by atoms with Crippen molar-refractivity contribution >= 4 is 12.0 Å². The minimum absolute atomic E-state index is 0.338. The molecule has 15 heavy (non-hydrogen) atoms. The van der Waals surface area contributed by atoms with E-state index in [2.05, 4.69) is 15.3 Å². The summed E-state index contributed by atoms with van der Waals surface area (Å²) < 4.78 is 5.04. The molecule has 1 aromatic rings. The second-order valence-electron chi connectivity index (χ2n) is 4.09. The smallest absolute Gasteiger partial charge is 0.414 e. The van der Waals surface area contributed by atoms with E-state index in [0.29, 0.717) is 12.5 Å². The Kier molecular flexibility index (Phi) is 3.31. The maximum absolute atomic E-state index is 11.3. The van der Waals surface area contributed by atoms with E-state index >= 15 is 0 Å². The van der Waals surface area contributed by atoms with Gasteiger partial charge in [0, 0.05) is 12.2 Å². The zero-order valence-corrected chi connectivity index (χ0v) is 9.13. The van der Waals surface area contributed by atoms with Gasteiger partial charge in [-0.05, 0) is 20.8 Å². The van der Waals surface area contributed by atoms with E-state index < -0.39 is 11.7 Å². The number of hydrogen-bond acceptors (Lipinski definition) is 4. The summed E-state index contributed by atoms with van der Waals surface area (Å²) in [5.41, 5.74) is 5.61. The number of aromatic nitrogens is 2. The van der Waals surface area contributed by atoms with Crippen LogP contribution in [-0.2, 0) is 11.3 Å². The van der Waals surface area contributed by atoms with Gasteiger partial charge in [-0.3, -0.25) is 5.32 Å². The highest BCUT2D eigenvalue weighted by Gasteiger charge is 2.16. The Balaban J connectivity index is 2.51. The third kappa shape index (κ3) is 3.99. The minimum Gasteiger partial charge on any atom is -0.444 e. The van der Waals surface area contributed by atoms with Crippen molar-refractivity contribution in [2.75, 3.05) is 5.32 Å². The van der Waals surface area contributed by atoms with E-state index in [1.807, 2.05) is 0 Å². The van der Waals surface area contributed by atoms with Crippen LogP contribution in [-0.4, -0.2) is 21.7 Å². The van der Waals surface area contributed by atoms with Crippen molar-refractivity contribution in [2.24, 2.45) is 5.73 Å². The van der Waals surface area contributed by atoms with Crippen LogP contribution in [0, 0.1) is 0 Å². The Labute approximate surface area is 88.2 Å². The summed E-state index contributed by atoms with van der Waals surface area (Å²) >= 11 is 0. The first-order valence-corrected chi connectivity index (χ1v) is 4.64. The van der Waals surface area contributed by atoms with Crippen LogP contribution < -0.4 is 11.1 Å². The summed E-state index contributed by atoms with van der Waals surface area (Å²) in [5.74, 6) is 0.338. The molecule has 6 heteroatoms. The van der Waals surface area contributed by atoms with Crippen molar-refractivity contribution in [1.29, 1.82) is 0 Å². The average molecular weight is 212 g/mol. The SMILES string of the molecule is CC(C)(C)OC(=O)Nc1ncc(CN)[nH]1. The number of rotatable bonds is 2. The van der Waals surface area contributed by atoms with E-state index in [4.69, 9.17) is 10.5 Å². The van der Waals surface area contributed by atoms with E-state index in [1.54, 1.807) is 27.0 Å². The summed E-state index contributed by atoms with van der Waals surface area (Å²) in [6, 6.07) is 0. The first-order chi connectivity index (χ1) is 6.90. The summed E-state index contributed by atoms with van der Waals surface area (Å²) in [4.78, 5) is 18.0. The summed E-state index contributed by atoms with van der Waals surface area (Å²) in [6.45, 7) is 5.73. The van der Waals surface area contributed by atoms with Gasteiger partial charge in [0.05, 0.1) is 6.20 Å². The number of anilines is 1. The third-order valence-electron chi connectivity index (χ3n) is 1.47. The minimum atomic E-state index is -0.541. The first kappa shape index (κ1) is 11.5. The van der Waals surface area contributed by atoms with Gasteiger partial charge in [0.2, 0.25) is 5.95 Å². The lowest BCUT2D eigenvalue weighted by Crippen LogP contribution is -2.27. The normalized spacial score (nSPS) is 11.2. The molecule has 0 atom stereocenters. The molecule has 0 aliphatic rings. The van der Waals surface area contributed by atoms with Gasteiger partial charge in [0.15, 0.2) is 0 Å². The Morgan fingerprint density at radius 2 is 2.33 bits per heavy atom.